The predicted molar refractivity (Wildman–Crippen MR) is 70.4 cm³/mol. The van der Waals surface area contributed by atoms with E-state index in [0.29, 0.717) is 0 Å². The average Bonchev–Trinajstić information content (AvgIpc) is 2.37. The van der Waals surface area contributed by atoms with Crippen LogP contribution >= 0.6 is 11.8 Å². The van der Waals surface area contributed by atoms with Crippen LogP contribution in [-0.2, 0) is 15.7 Å². The molecule has 0 aliphatic rings. The lowest BCUT2D eigenvalue weighted by atomic mass is 10.1. The molecule has 1 aromatic rings. The molecule has 0 fully saturated rings. The summed E-state index contributed by atoms with van der Waals surface area (Å²) < 4.78 is 43.1. The number of esters is 1. The number of carbonyl (C=O) groups excluding carboxylic acids is 1. The molecule has 0 heterocycles. The topological polar surface area (TPSA) is 63.6 Å². The van der Waals surface area contributed by atoms with Gasteiger partial charge in [-0.2, -0.15) is 13.2 Å². The number of hydrogen-bond acceptors (Lipinski definition) is 4. The number of aliphatic carboxylic acids is 1. The zero-order valence-electron chi connectivity index (χ0n) is 11.1. The third-order valence-corrected chi connectivity index (χ3v) is 3.31. The van der Waals surface area contributed by atoms with Gasteiger partial charge >= 0.3 is 18.1 Å². The predicted octanol–water partition coefficient (Wildman–Crippen LogP) is 3.45. The SMILES string of the molecule is CCOC(=O)c1cc(SCCC(=O)O)cc(C(F)(F)F)c1. The van der Waals surface area contributed by atoms with E-state index in [1.807, 2.05) is 0 Å². The van der Waals surface area contributed by atoms with Crippen molar-refractivity contribution in [3.05, 3.63) is 29.3 Å². The normalized spacial score (nSPS) is 11.2. The number of carboxylic acids is 1. The van der Waals surface area contributed by atoms with Gasteiger partial charge in [0.15, 0.2) is 0 Å². The molecular formula is C13H13F3O4S. The first-order valence-electron chi connectivity index (χ1n) is 5.98. The van der Waals surface area contributed by atoms with Crippen molar-refractivity contribution in [3.63, 3.8) is 0 Å². The smallest absolute Gasteiger partial charge is 0.416 e. The van der Waals surface area contributed by atoms with E-state index in [-0.39, 0.29) is 29.2 Å². The number of alkyl halides is 3. The summed E-state index contributed by atoms with van der Waals surface area (Å²) in [4.78, 5) is 22.1. The minimum atomic E-state index is -4.59. The van der Waals surface area contributed by atoms with Crippen molar-refractivity contribution >= 4 is 23.7 Å². The first-order chi connectivity index (χ1) is 9.74. The van der Waals surface area contributed by atoms with E-state index in [0.717, 1.165) is 23.9 Å². The maximum absolute atomic E-state index is 12.8. The fourth-order valence-electron chi connectivity index (χ4n) is 1.43. The van der Waals surface area contributed by atoms with Gasteiger partial charge in [-0.1, -0.05) is 0 Å². The Bertz CT molecular complexity index is 529. The van der Waals surface area contributed by atoms with Crippen molar-refractivity contribution in [2.75, 3.05) is 12.4 Å². The Hall–Kier alpha value is -1.70. The van der Waals surface area contributed by atoms with Crippen molar-refractivity contribution in [1.82, 2.24) is 0 Å². The molecule has 4 nitrogen and oxygen atoms in total. The quantitative estimate of drug-likeness (QED) is 0.642. The Morgan fingerprint density at radius 1 is 1.29 bits per heavy atom. The molecule has 0 amide bonds. The summed E-state index contributed by atoms with van der Waals surface area (Å²) in [6.45, 7) is 1.60. The molecule has 1 N–H and O–H groups in total. The van der Waals surface area contributed by atoms with Gasteiger partial charge < -0.3 is 9.84 Å². The zero-order chi connectivity index (χ0) is 16.0. The van der Waals surface area contributed by atoms with Gasteiger partial charge in [-0.25, -0.2) is 4.79 Å². The first kappa shape index (κ1) is 17.4. The number of carboxylic acid groups (broad SMARTS) is 1. The molecule has 0 atom stereocenters. The number of halogens is 3. The van der Waals surface area contributed by atoms with Crippen LogP contribution in [0.1, 0.15) is 29.3 Å². The second-order valence-electron chi connectivity index (χ2n) is 3.96. The highest BCUT2D eigenvalue weighted by atomic mass is 32.2. The van der Waals surface area contributed by atoms with Gasteiger partial charge in [0.2, 0.25) is 0 Å². The summed E-state index contributed by atoms with van der Waals surface area (Å²) in [5, 5.41) is 8.52. The zero-order valence-corrected chi connectivity index (χ0v) is 11.9. The van der Waals surface area contributed by atoms with Gasteiger partial charge in [-0.15, -0.1) is 11.8 Å². The maximum Gasteiger partial charge on any atom is 0.416 e. The molecule has 1 rings (SSSR count). The van der Waals surface area contributed by atoms with Crippen LogP contribution in [0.25, 0.3) is 0 Å². The van der Waals surface area contributed by atoms with Crippen LogP contribution in [0.3, 0.4) is 0 Å². The Balaban J connectivity index is 3.03. The molecule has 0 saturated heterocycles. The highest BCUT2D eigenvalue weighted by Gasteiger charge is 2.32. The van der Waals surface area contributed by atoms with Crippen molar-refractivity contribution in [1.29, 1.82) is 0 Å². The molecular weight excluding hydrogens is 309 g/mol. The molecule has 8 heteroatoms. The van der Waals surface area contributed by atoms with Gasteiger partial charge in [0.25, 0.3) is 0 Å². The van der Waals surface area contributed by atoms with Crippen molar-refractivity contribution in [2.45, 2.75) is 24.4 Å². The number of carbonyl (C=O) groups is 2. The standard InChI is InChI=1S/C13H13F3O4S/c1-2-20-12(19)8-5-9(13(14,15)16)7-10(6-8)21-4-3-11(17)18/h5-7H,2-4H2,1H3,(H,17,18). The number of thioether (sulfide) groups is 1. The Morgan fingerprint density at radius 2 is 1.95 bits per heavy atom. The Labute approximate surface area is 123 Å². The molecule has 116 valence electrons. The lowest BCUT2D eigenvalue weighted by molar-refractivity contribution is -0.138. The van der Waals surface area contributed by atoms with E-state index >= 15 is 0 Å². The van der Waals surface area contributed by atoms with Gasteiger partial charge in [0.05, 0.1) is 24.2 Å². The fourth-order valence-corrected chi connectivity index (χ4v) is 2.37. The summed E-state index contributed by atoms with van der Waals surface area (Å²) in [5.74, 6) is -1.78. The van der Waals surface area contributed by atoms with Crippen LogP contribution in [0.4, 0.5) is 13.2 Å². The van der Waals surface area contributed by atoms with Gasteiger partial charge in [0.1, 0.15) is 0 Å². The second kappa shape index (κ2) is 7.35. The van der Waals surface area contributed by atoms with Crippen LogP contribution in [0.2, 0.25) is 0 Å². The van der Waals surface area contributed by atoms with Crippen LogP contribution in [0.15, 0.2) is 23.1 Å². The minimum absolute atomic E-state index is 0.0522. The van der Waals surface area contributed by atoms with E-state index in [4.69, 9.17) is 5.11 Å². The second-order valence-corrected chi connectivity index (χ2v) is 5.12. The molecule has 0 unspecified atom stereocenters. The van der Waals surface area contributed by atoms with Crippen LogP contribution in [0.5, 0.6) is 0 Å². The summed E-state index contributed by atoms with van der Waals surface area (Å²) in [6.07, 6.45) is -4.78. The van der Waals surface area contributed by atoms with Crippen molar-refractivity contribution in [2.24, 2.45) is 0 Å². The van der Waals surface area contributed by atoms with Gasteiger partial charge in [-0.05, 0) is 25.1 Å². The number of benzene rings is 1. The lowest BCUT2D eigenvalue weighted by Gasteiger charge is -2.11. The average molecular weight is 322 g/mol. The van der Waals surface area contributed by atoms with Crippen LogP contribution in [-0.4, -0.2) is 29.4 Å². The highest BCUT2D eigenvalue weighted by Crippen LogP contribution is 2.33. The number of hydrogen-bond donors (Lipinski definition) is 1. The van der Waals surface area contributed by atoms with E-state index in [9.17, 15) is 22.8 Å². The number of ether oxygens (including phenoxy) is 1. The molecule has 0 bridgehead atoms. The molecule has 0 radical (unpaired) electrons. The summed E-state index contributed by atoms with van der Waals surface area (Å²) in [7, 11) is 0. The third kappa shape index (κ3) is 5.66. The molecule has 0 saturated carbocycles. The summed E-state index contributed by atoms with van der Waals surface area (Å²) >= 11 is 0.940. The molecule has 0 aromatic heterocycles. The van der Waals surface area contributed by atoms with Gasteiger partial charge in [-0.3, -0.25) is 4.79 Å². The van der Waals surface area contributed by atoms with E-state index in [1.54, 1.807) is 6.92 Å². The molecule has 0 spiro atoms. The van der Waals surface area contributed by atoms with E-state index < -0.39 is 23.7 Å². The molecule has 0 aliphatic carbocycles. The number of rotatable bonds is 6. The Kier molecular flexibility index (Phi) is 6.07. The summed E-state index contributed by atoms with van der Waals surface area (Å²) in [6, 6.07) is 2.87. The van der Waals surface area contributed by atoms with Crippen molar-refractivity contribution in [3.8, 4) is 0 Å². The first-order valence-corrected chi connectivity index (χ1v) is 6.96. The minimum Gasteiger partial charge on any atom is -0.481 e. The largest absolute Gasteiger partial charge is 0.481 e. The van der Waals surface area contributed by atoms with E-state index in [1.165, 1.54) is 6.07 Å². The fraction of sp³-hybridized carbons (Fsp3) is 0.385. The lowest BCUT2D eigenvalue weighted by Crippen LogP contribution is -2.10. The maximum atomic E-state index is 12.8. The summed E-state index contributed by atoms with van der Waals surface area (Å²) in [5.41, 5.74) is -1.17. The van der Waals surface area contributed by atoms with E-state index in [2.05, 4.69) is 4.74 Å². The highest BCUT2D eigenvalue weighted by molar-refractivity contribution is 7.99. The molecule has 1 aromatic carbocycles. The van der Waals surface area contributed by atoms with Gasteiger partial charge in [0, 0.05) is 10.6 Å². The third-order valence-electron chi connectivity index (χ3n) is 2.33. The molecule has 0 aliphatic heterocycles. The molecule has 21 heavy (non-hydrogen) atoms. The monoisotopic (exact) mass is 322 g/mol. The van der Waals surface area contributed by atoms with Crippen LogP contribution < -0.4 is 0 Å². The van der Waals surface area contributed by atoms with Crippen LogP contribution in [0, 0.1) is 0 Å². The van der Waals surface area contributed by atoms with Crippen molar-refractivity contribution < 1.29 is 32.6 Å². The Morgan fingerprint density at radius 3 is 2.48 bits per heavy atom.